The summed E-state index contributed by atoms with van der Waals surface area (Å²) < 4.78 is 26.9. The standard InChI is InChI=1S/C22H38N2O4S/c1-2-3-4-5-6-7-8-9-10-11-12-13-14-15-20-23-29(27,28)22-18-16-21(17-19-22)24(25)26/h16-19,23H,2-15,20H2,1H3. The van der Waals surface area contributed by atoms with Crippen molar-refractivity contribution in [1.29, 1.82) is 0 Å². The first kappa shape index (κ1) is 25.6. The molecule has 0 aliphatic heterocycles. The van der Waals surface area contributed by atoms with Gasteiger partial charge in [-0.25, -0.2) is 13.1 Å². The predicted octanol–water partition coefficient (Wildman–Crippen LogP) is 6.35. The van der Waals surface area contributed by atoms with Gasteiger partial charge in [0.15, 0.2) is 0 Å². The van der Waals surface area contributed by atoms with Gasteiger partial charge < -0.3 is 0 Å². The predicted molar refractivity (Wildman–Crippen MR) is 119 cm³/mol. The van der Waals surface area contributed by atoms with Crippen LogP contribution in [0.1, 0.15) is 96.8 Å². The number of nitro benzene ring substituents is 1. The molecule has 0 saturated carbocycles. The summed E-state index contributed by atoms with van der Waals surface area (Å²) in [5.74, 6) is 0. The van der Waals surface area contributed by atoms with Gasteiger partial charge in [-0.1, -0.05) is 90.4 Å². The van der Waals surface area contributed by atoms with Crippen molar-refractivity contribution in [3.05, 3.63) is 34.4 Å². The summed E-state index contributed by atoms with van der Waals surface area (Å²) in [5.41, 5.74) is -0.115. The van der Waals surface area contributed by atoms with E-state index in [9.17, 15) is 18.5 Å². The van der Waals surface area contributed by atoms with Gasteiger partial charge in [-0.3, -0.25) is 10.1 Å². The second-order valence-corrected chi connectivity index (χ2v) is 9.51. The fourth-order valence-corrected chi connectivity index (χ4v) is 4.43. The molecule has 0 saturated heterocycles. The Morgan fingerprint density at radius 2 is 1.17 bits per heavy atom. The van der Waals surface area contributed by atoms with Crippen LogP contribution < -0.4 is 4.72 Å². The van der Waals surface area contributed by atoms with Crippen LogP contribution in [-0.2, 0) is 10.0 Å². The lowest BCUT2D eigenvalue weighted by atomic mass is 10.0. The average molecular weight is 427 g/mol. The minimum Gasteiger partial charge on any atom is -0.258 e. The highest BCUT2D eigenvalue weighted by Crippen LogP contribution is 2.16. The van der Waals surface area contributed by atoms with Gasteiger partial charge in [0.2, 0.25) is 10.0 Å². The molecule has 1 aromatic carbocycles. The summed E-state index contributed by atoms with van der Waals surface area (Å²) in [6.45, 7) is 2.65. The van der Waals surface area contributed by atoms with Crippen molar-refractivity contribution in [2.24, 2.45) is 0 Å². The van der Waals surface area contributed by atoms with Crippen LogP contribution in [-0.4, -0.2) is 19.9 Å². The normalized spacial score (nSPS) is 11.6. The number of nitrogens with zero attached hydrogens (tertiary/aromatic N) is 1. The van der Waals surface area contributed by atoms with E-state index in [1.54, 1.807) is 0 Å². The Kier molecular flexibility index (Phi) is 13.6. The summed E-state index contributed by atoms with van der Waals surface area (Å²) in [6, 6.07) is 4.96. The molecule has 0 heterocycles. The molecular weight excluding hydrogens is 388 g/mol. The Labute approximate surface area is 176 Å². The Morgan fingerprint density at radius 1 is 0.759 bits per heavy atom. The van der Waals surface area contributed by atoms with E-state index in [1.807, 2.05) is 0 Å². The monoisotopic (exact) mass is 426 g/mol. The first-order valence-corrected chi connectivity index (χ1v) is 12.7. The number of rotatable bonds is 18. The number of hydrogen-bond acceptors (Lipinski definition) is 4. The van der Waals surface area contributed by atoms with Crippen molar-refractivity contribution in [1.82, 2.24) is 4.72 Å². The molecule has 0 aliphatic rings. The third-order valence-electron chi connectivity index (χ3n) is 5.18. The van der Waals surface area contributed by atoms with Crippen LogP contribution in [0.2, 0.25) is 0 Å². The summed E-state index contributed by atoms with van der Waals surface area (Å²) in [6.07, 6.45) is 17.7. The summed E-state index contributed by atoms with van der Waals surface area (Å²) >= 11 is 0. The largest absolute Gasteiger partial charge is 0.269 e. The third-order valence-corrected chi connectivity index (χ3v) is 6.66. The van der Waals surface area contributed by atoms with Crippen LogP contribution in [0.3, 0.4) is 0 Å². The quantitative estimate of drug-likeness (QED) is 0.168. The Balaban J connectivity index is 1.99. The number of nitro groups is 1. The van der Waals surface area contributed by atoms with Crippen molar-refractivity contribution < 1.29 is 13.3 Å². The van der Waals surface area contributed by atoms with E-state index in [0.717, 1.165) is 19.3 Å². The van der Waals surface area contributed by atoms with Crippen LogP contribution in [0.4, 0.5) is 5.69 Å². The molecule has 0 fully saturated rings. The van der Waals surface area contributed by atoms with Gasteiger partial charge in [0, 0.05) is 18.7 Å². The maximum absolute atomic E-state index is 12.2. The van der Waals surface area contributed by atoms with E-state index < -0.39 is 14.9 Å². The molecule has 166 valence electrons. The van der Waals surface area contributed by atoms with Gasteiger partial charge in [-0.05, 0) is 18.6 Å². The van der Waals surface area contributed by atoms with Gasteiger partial charge in [-0.15, -0.1) is 0 Å². The molecule has 6 nitrogen and oxygen atoms in total. The van der Waals surface area contributed by atoms with E-state index >= 15 is 0 Å². The topological polar surface area (TPSA) is 89.3 Å². The van der Waals surface area contributed by atoms with Gasteiger partial charge in [0.1, 0.15) is 0 Å². The van der Waals surface area contributed by atoms with Crippen LogP contribution >= 0.6 is 0 Å². The second-order valence-electron chi connectivity index (χ2n) is 7.74. The first-order valence-electron chi connectivity index (χ1n) is 11.2. The fraction of sp³-hybridized carbons (Fsp3) is 0.727. The van der Waals surface area contributed by atoms with Crippen LogP contribution in [0.25, 0.3) is 0 Å². The van der Waals surface area contributed by atoms with Crippen molar-refractivity contribution in [2.45, 2.75) is 102 Å². The van der Waals surface area contributed by atoms with E-state index in [0.29, 0.717) is 6.54 Å². The molecule has 0 atom stereocenters. The zero-order valence-corrected chi connectivity index (χ0v) is 18.7. The molecule has 0 aliphatic carbocycles. The molecule has 1 N–H and O–H groups in total. The van der Waals surface area contributed by atoms with Crippen molar-refractivity contribution in [2.75, 3.05) is 6.54 Å². The van der Waals surface area contributed by atoms with Gasteiger partial charge in [0.05, 0.1) is 9.82 Å². The summed E-state index contributed by atoms with van der Waals surface area (Å²) in [7, 11) is -3.59. The molecule has 0 unspecified atom stereocenters. The van der Waals surface area contributed by atoms with Crippen LogP contribution in [0.5, 0.6) is 0 Å². The van der Waals surface area contributed by atoms with Gasteiger partial charge >= 0.3 is 0 Å². The number of unbranched alkanes of at least 4 members (excludes halogenated alkanes) is 13. The van der Waals surface area contributed by atoms with E-state index in [1.165, 1.54) is 94.9 Å². The van der Waals surface area contributed by atoms with Crippen LogP contribution in [0.15, 0.2) is 29.2 Å². The number of hydrogen-bond donors (Lipinski definition) is 1. The maximum atomic E-state index is 12.2. The SMILES string of the molecule is CCCCCCCCCCCCCCCCNS(=O)(=O)c1ccc([N+](=O)[O-])cc1. The van der Waals surface area contributed by atoms with Crippen LogP contribution in [0, 0.1) is 10.1 Å². The Bertz CT molecular complexity index is 660. The molecule has 0 bridgehead atoms. The van der Waals surface area contributed by atoms with E-state index in [-0.39, 0.29) is 10.6 Å². The average Bonchev–Trinajstić information content (AvgIpc) is 2.71. The molecule has 0 aromatic heterocycles. The summed E-state index contributed by atoms with van der Waals surface area (Å²) in [5, 5.41) is 10.6. The zero-order valence-electron chi connectivity index (χ0n) is 17.9. The molecule has 0 radical (unpaired) electrons. The lowest BCUT2D eigenvalue weighted by Gasteiger charge is -2.07. The lowest BCUT2D eigenvalue weighted by molar-refractivity contribution is -0.384. The fourth-order valence-electron chi connectivity index (χ4n) is 3.36. The van der Waals surface area contributed by atoms with Gasteiger partial charge in [-0.2, -0.15) is 0 Å². The number of sulfonamides is 1. The van der Waals surface area contributed by atoms with E-state index in [2.05, 4.69) is 11.6 Å². The highest BCUT2D eigenvalue weighted by molar-refractivity contribution is 7.89. The third kappa shape index (κ3) is 12.0. The molecule has 0 amide bonds. The Morgan fingerprint density at radius 3 is 1.59 bits per heavy atom. The van der Waals surface area contributed by atoms with Gasteiger partial charge in [0.25, 0.3) is 5.69 Å². The minimum atomic E-state index is -3.59. The lowest BCUT2D eigenvalue weighted by Crippen LogP contribution is -2.24. The summed E-state index contributed by atoms with van der Waals surface area (Å²) in [4.78, 5) is 10.2. The number of benzene rings is 1. The number of non-ortho nitro benzene ring substituents is 1. The molecule has 29 heavy (non-hydrogen) atoms. The van der Waals surface area contributed by atoms with Crippen molar-refractivity contribution in [3.8, 4) is 0 Å². The minimum absolute atomic E-state index is 0.0634. The van der Waals surface area contributed by atoms with Crippen molar-refractivity contribution >= 4 is 15.7 Å². The maximum Gasteiger partial charge on any atom is 0.269 e. The molecule has 0 spiro atoms. The molecule has 1 aromatic rings. The molecular formula is C22H38N2O4S. The van der Waals surface area contributed by atoms with Crippen molar-refractivity contribution in [3.63, 3.8) is 0 Å². The highest BCUT2D eigenvalue weighted by Gasteiger charge is 2.14. The zero-order chi connectivity index (χ0) is 21.4. The molecule has 1 rings (SSSR count). The highest BCUT2D eigenvalue weighted by atomic mass is 32.2. The van der Waals surface area contributed by atoms with E-state index in [4.69, 9.17) is 0 Å². The first-order chi connectivity index (χ1) is 14.0. The smallest absolute Gasteiger partial charge is 0.258 e. The number of nitrogens with one attached hydrogen (secondary N) is 1. The Hall–Kier alpha value is -1.47. The molecule has 7 heteroatoms. The second kappa shape index (κ2) is 15.4.